The summed E-state index contributed by atoms with van der Waals surface area (Å²) in [4.78, 5) is 0. The molecule has 0 aromatic heterocycles. The normalized spacial score (nSPS) is 12.6. The zero-order chi connectivity index (χ0) is 15.2. The summed E-state index contributed by atoms with van der Waals surface area (Å²) in [6.45, 7) is 6.65. The van der Waals surface area contributed by atoms with E-state index in [1.807, 2.05) is 0 Å². The Kier molecular flexibility index (Phi) is 5.58. The molecule has 2 aromatic carbocycles. The van der Waals surface area contributed by atoms with Crippen molar-refractivity contribution < 1.29 is 0 Å². The Bertz CT molecular complexity index is 572. The van der Waals surface area contributed by atoms with E-state index in [1.54, 1.807) is 0 Å². The molecule has 2 N–H and O–H groups in total. The third-order valence-electron chi connectivity index (χ3n) is 3.85. The van der Waals surface area contributed by atoms with Gasteiger partial charge >= 0.3 is 0 Å². The molecule has 0 amide bonds. The largest absolute Gasteiger partial charge is 0.324 e. The fourth-order valence-electron chi connectivity index (χ4n) is 2.78. The highest BCUT2D eigenvalue weighted by Crippen LogP contribution is 2.20. The van der Waals surface area contributed by atoms with Crippen molar-refractivity contribution in [1.29, 1.82) is 0 Å². The van der Waals surface area contributed by atoms with Crippen LogP contribution in [0.25, 0.3) is 0 Å². The molecular formula is C20H27N. The molecule has 1 unspecified atom stereocenters. The van der Waals surface area contributed by atoms with E-state index in [4.69, 9.17) is 5.73 Å². The number of hydrogen-bond donors (Lipinski definition) is 1. The van der Waals surface area contributed by atoms with Gasteiger partial charge in [-0.25, -0.2) is 0 Å². The van der Waals surface area contributed by atoms with Gasteiger partial charge < -0.3 is 5.73 Å². The minimum atomic E-state index is 0.123. The van der Waals surface area contributed by atoms with Crippen molar-refractivity contribution in [3.05, 3.63) is 70.8 Å². The van der Waals surface area contributed by atoms with Gasteiger partial charge in [-0.15, -0.1) is 0 Å². The average Bonchev–Trinajstić information content (AvgIpc) is 2.44. The molecule has 112 valence electrons. The predicted molar refractivity (Wildman–Crippen MR) is 91.4 cm³/mol. The van der Waals surface area contributed by atoms with Crippen LogP contribution in [0.15, 0.2) is 48.5 Å². The number of hydrogen-bond acceptors (Lipinski definition) is 1. The average molecular weight is 281 g/mol. The van der Waals surface area contributed by atoms with Crippen molar-refractivity contribution in [3.63, 3.8) is 0 Å². The SMILES string of the molecule is Cc1cccc(CCC(N)c2cccc(CC(C)C)c2)c1. The summed E-state index contributed by atoms with van der Waals surface area (Å²) in [6.07, 6.45) is 3.16. The van der Waals surface area contributed by atoms with Crippen molar-refractivity contribution in [2.45, 2.75) is 46.1 Å². The summed E-state index contributed by atoms with van der Waals surface area (Å²) >= 11 is 0. The Balaban J connectivity index is 1.98. The fourth-order valence-corrected chi connectivity index (χ4v) is 2.78. The van der Waals surface area contributed by atoms with Crippen LogP contribution in [0.4, 0.5) is 0 Å². The second-order valence-corrected chi connectivity index (χ2v) is 6.48. The Morgan fingerprint density at radius 1 is 0.952 bits per heavy atom. The van der Waals surface area contributed by atoms with E-state index in [0.29, 0.717) is 5.92 Å². The third-order valence-corrected chi connectivity index (χ3v) is 3.85. The first kappa shape index (κ1) is 15.8. The molecule has 2 aromatic rings. The third kappa shape index (κ3) is 5.02. The molecule has 1 nitrogen and oxygen atoms in total. The highest BCUT2D eigenvalue weighted by molar-refractivity contribution is 5.27. The first-order chi connectivity index (χ1) is 10.0. The van der Waals surface area contributed by atoms with Crippen molar-refractivity contribution >= 4 is 0 Å². The van der Waals surface area contributed by atoms with Gasteiger partial charge in [-0.2, -0.15) is 0 Å². The Morgan fingerprint density at radius 2 is 1.67 bits per heavy atom. The molecule has 0 saturated carbocycles. The van der Waals surface area contributed by atoms with E-state index in [1.165, 1.54) is 22.3 Å². The monoisotopic (exact) mass is 281 g/mol. The molecule has 0 aliphatic rings. The molecular weight excluding hydrogens is 254 g/mol. The molecule has 0 bridgehead atoms. The summed E-state index contributed by atoms with van der Waals surface area (Å²) in [5, 5.41) is 0. The highest BCUT2D eigenvalue weighted by atomic mass is 14.6. The van der Waals surface area contributed by atoms with Gasteiger partial charge in [0.05, 0.1) is 0 Å². The van der Waals surface area contributed by atoms with Crippen LogP contribution in [0.3, 0.4) is 0 Å². The molecule has 2 rings (SSSR count). The van der Waals surface area contributed by atoms with Crippen LogP contribution in [0.1, 0.15) is 48.6 Å². The lowest BCUT2D eigenvalue weighted by Gasteiger charge is -2.14. The Hall–Kier alpha value is -1.60. The molecule has 0 fully saturated rings. The zero-order valence-corrected chi connectivity index (χ0v) is 13.5. The summed E-state index contributed by atoms with van der Waals surface area (Å²) in [5.41, 5.74) is 11.7. The fraction of sp³-hybridized carbons (Fsp3) is 0.400. The van der Waals surface area contributed by atoms with Crippen LogP contribution < -0.4 is 5.73 Å². The van der Waals surface area contributed by atoms with Crippen LogP contribution in [-0.4, -0.2) is 0 Å². The van der Waals surface area contributed by atoms with Gasteiger partial charge in [-0.1, -0.05) is 67.9 Å². The summed E-state index contributed by atoms with van der Waals surface area (Å²) < 4.78 is 0. The van der Waals surface area contributed by atoms with Crippen LogP contribution in [-0.2, 0) is 12.8 Å². The molecule has 1 atom stereocenters. The van der Waals surface area contributed by atoms with Crippen molar-refractivity contribution in [3.8, 4) is 0 Å². The van der Waals surface area contributed by atoms with Crippen molar-refractivity contribution in [2.75, 3.05) is 0 Å². The van der Waals surface area contributed by atoms with E-state index >= 15 is 0 Å². The van der Waals surface area contributed by atoms with Crippen LogP contribution >= 0.6 is 0 Å². The minimum Gasteiger partial charge on any atom is -0.324 e. The van der Waals surface area contributed by atoms with Gasteiger partial charge in [0, 0.05) is 6.04 Å². The van der Waals surface area contributed by atoms with Crippen LogP contribution in [0, 0.1) is 12.8 Å². The molecule has 0 saturated heterocycles. The van der Waals surface area contributed by atoms with E-state index in [-0.39, 0.29) is 6.04 Å². The summed E-state index contributed by atoms with van der Waals surface area (Å²) in [5.74, 6) is 0.684. The molecule has 0 aliphatic carbocycles. The van der Waals surface area contributed by atoms with E-state index < -0.39 is 0 Å². The van der Waals surface area contributed by atoms with E-state index in [2.05, 4.69) is 69.3 Å². The van der Waals surface area contributed by atoms with Gasteiger partial charge in [0.25, 0.3) is 0 Å². The maximum atomic E-state index is 6.38. The zero-order valence-electron chi connectivity index (χ0n) is 13.5. The van der Waals surface area contributed by atoms with Gasteiger partial charge in [0.15, 0.2) is 0 Å². The standard InChI is InChI=1S/C20H27N/c1-15(2)12-18-8-5-9-19(14-18)20(21)11-10-17-7-4-6-16(3)13-17/h4-9,13-15,20H,10-12,21H2,1-3H3. The van der Waals surface area contributed by atoms with Gasteiger partial charge in [-0.3, -0.25) is 0 Å². The van der Waals surface area contributed by atoms with Crippen molar-refractivity contribution in [1.82, 2.24) is 0 Å². The summed E-state index contributed by atoms with van der Waals surface area (Å²) in [7, 11) is 0. The molecule has 1 heteroatoms. The minimum absolute atomic E-state index is 0.123. The van der Waals surface area contributed by atoms with Gasteiger partial charge in [0.2, 0.25) is 0 Å². The number of aryl methyl sites for hydroxylation is 2. The molecule has 0 spiro atoms. The maximum absolute atomic E-state index is 6.38. The second kappa shape index (κ2) is 7.42. The van der Waals surface area contributed by atoms with Crippen LogP contribution in [0.2, 0.25) is 0 Å². The first-order valence-corrected chi connectivity index (χ1v) is 7.94. The van der Waals surface area contributed by atoms with Crippen molar-refractivity contribution in [2.24, 2.45) is 11.7 Å². The van der Waals surface area contributed by atoms with E-state index in [0.717, 1.165) is 19.3 Å². The predicted octanol–water partition coefficient (Wildman–Crippen LogP) is 4.83. The smallest absolute Gasteiger partial charge is 0.0298 e. The summed E-state index contributed by atoms with van der Waals surface area (Å²) in [6, 6.07) is 17.6. The quantitative estimate of drug-likeness (QED) is 0.806. The number of rotatable bonds is 6. The number of benzene rings is 2. The Morgan fingerprint density at radius 3 is 2.38 bits per heavy atom. The lowest BCUT2D eigenvalue weighted by molar-refractivity contribution is 0.635. The molecule has 0 heterocycles. The molecule has 0 aliphatic heterocycles. The van der Waals surface area contributed by atoms with Crippen LogP contribution in [0.5, 0.6) is 0 Å². The maximum Gasteiger partial charge on any atom is 0.0298 e. The molecule has 21 heavy (non-hydrogen) atoms. The lowest BCUT2D eigenvalue weighted by atomic mass is 9.95. The molecule has 0 radical (unpaired) electrons. The number of nitrogens with two attached hydrogens (primary N) is 1. The second-order valence-electron chi connectivity index (χ2n) is 6.48. The van der Waals surface area contributed by atoms with E-state index in [9.17, 15) is 0 Å². The lowest BCUT2D eigenvalue weighted by Crippen LogP contribution is -2.12. The van der Waals surface area contributed by atoms with Gasteiger partial charge in [-0.05, 0) is 48.8 Å². The Labute approximate surface area is 129 Å². The topological polar surface area (TPSA) is 26.0 Å². The first-order valence-electron chi connectivity index (χ1n) is 7.94. The highest BCUT2D eigenvalue weighted by Gasteiger charge is 2.08. The van der Waals surface area contributed by atoms with Gasteiger partial charge in [0.1, 0.15) is 0 Å².